The molecule has 0 bridgehead atoms. The zero-order chi connectivity index (χ0) is 15.5. The summed E-state index contributed by atoms with van der Waals surface area (Å²) >= 11 is 0. The van der Waals surface area contributed by atoms with E-state index >= 15 is 0 Å². The molecule has 0 aliphatic rings. The smallest absolute Gasteiger partial charge is 0.251 e. The Bertz CT molecular complexity index is 299. The molecule has 5 N–H and O–H groups in total. The lowest BCUT2D eigenvalue weighted by atomic mass is 10.0. The van der Waals surface area contributed by atoms with Gasteiger partial charge in [-0.05, 0) is 13.3 Å². The largest absolute Gasteiger partial charge is 0.383 e. The van der Waals surface area contributed by atoms with Gasteiger partial charge in [0.2, 0.25) is 5.91 Å². The molecule has 0 aromatic carbocycles. The second-order valence-electron chi connectivity index (χ2n) is 4.77. The molecule has 0 aromatic heterocycles. The lowest BCUT2D eigenvalue weighted by Gasteiger charge is -2.20. The van der Waals surface area contributed by atoms with Crippen LogP contribution in [0.5, 0.6) is 0 Å². The molecule has 0 aromatic rings. The number of carbonyl (C=O) groups excluding carboxylic acids is 2. The van der Waals surface area contributed by atoms with Gasteiger partial charge in [0.25, 0.3) is 5.91 Å². The highest BCUT2D eigenvalue weighted by Gasteiger charge is 2.25. The molecule has 2 amide bonds. The molecule has 0 fully saturated rings. The fourth-order valence-electron chi connectivity index (χ4n) is 1.59. The van der Waals surface area contributed by atoms with Gasteiger partial charge in [-0.3, -0.25) is 9.59 Å². The fourth-order valence-corrected chi connectivity index (χ4v) is 1.59. The molecule has 20 heavy (non-hydrogen) atoms. The Hall–Kier alpha value is -1.18. The standard InChI is InChI=1S/C13H27N3O4/c1-4-5-6-10(14)11(17)13(19)16-9(2)12(18)15-7-8-20-3/h9-11,17H,4-8,14H2,1-3H3,(H,15,18)(H,16,19)/t9-,10-,11?/m0/s1. The van der Waals surface area contributed by atoms with E-state index in [2.05, 4.69) is 10.6 Å². The first-order valence-electron chi connectivity index (χ1n) is 6.94. The molecule has 0 aliphatic heterocycles. The van der Waals surface area contributed by atoms with Gasteiger partial charge in [0.15, 0.2) is 0 Å². The van der Waals surface area contributed by atoms with Gasteiger partial charge in [0, 0.05) is 19.7 Å². The van der Waals surface area contributed by atoms with Crippen LogP contribution in [0.2, 0.25) is 0 Å². The van der Waals surface area contributed by atoms with E-state index in [-0.39, 0.29) is 5.91 Å². The van der Waals surface area contributed by atoms with Crippen LogP contribution >= 0.6 is 0 Å². The minimum absolute atomic E-state index is 0.329. The zero-order valence-corrected chi connectivity index (χ0v) is 12.5. The molecule has 7 heteroatoms. The van der Waals surface area contributed by atoms with E-state index in [1.54, 1.807) is 6.92 Å². The third-order valence-corrected chi connectivity index (χ3v) is 2.92. The third-order valence-electron chi connectivity index (χ3n) is 2.92. The van der Waals surface area contributed by atoms with Crippen molar-refractivity contribution in [2.45, 2.75) is 51.3 Å². The summed E-state index contributed by atoms with van der Waals surface area (Å²) in [5, 5.41) is 14.8. The van der Waals surface area contributed by atoms with Gasteiger partial charge in [-0.1, -0.05) is 19.8 Å². The molecule has 1 unspecified atom stereocenters. The van der Waals surface area contributed by atoms with Gasteiger partial charge in [-0.2, -0.15) is 0 Å². The van der Waals surface area contributed by atoms with Crippen molar-refractivity contribution in [3.05, 3.63) is 0 Å². The van der Waals surface area contributed by atoms with Crippen LogP contribution < -0.4 is 16.4 Å². The van der Waals surface area contributed by atoms with E-state index in [4.69, 9.17) is 10.5 Å². The van der Waals surface area contributed by atoms with Crippen molar-refractivity contribution in [1.29, 1.82) is 0 Å². The van der Waals surface area contributed by atoms with Gasteiger partial charge in [-0.25, -0.2) is 0 Å². The van der Waals surface area contributed by atoms with Crippen molar-refractivity contribution in [1.82, 2.24) is 10.6 Å². The molecule has 0 saturated carbocycles. The first kappa shape index (κ1) is 18.8. The molecule has 0 heterocycles. The molecule has 0 saturated heterocycles. The van der Waals surface area contributed by atoms with E-state index in [1.165, 1.54) is 7.11 Å². The summed E-state index contributed by atoms with van der Waals surface area (Å²) in [4.78, 5) is 23.4. The number of aliphatic hydroxyl groups excluding tert-OH is 1. The molecule has 0 spiro atoms. The predicted molar refractivity (Wildman–Crippen MR) is 76.0 cm³/mol. The summed E-state index contributed by atoms with van der Waals surface area (Å²) < 4.78 is 4.80. The minimum atomic E-state index is -1.30. The number of amides is 2. The summed E-state index contributed by atoms with van der Waals surface area (Å²) in [6, 6.07) is -1.34. The van der Waals surface area contributed by atoms with Crippen molar-refractivity contribution in [2.24, 2.45) is 5.73 Å². The number of rotatable bonds is 10. The number of hydrogen-bond acceptors (Lipinski definition) is 5. The Morgan fingerprint density at radius 2 is 2.00 bits per heavy atom. The van der Waals surface area contributed by atoms with Crippen LogP contribution in [0, 0.1) is 0 Å². The van der Waals surface area contributed by atoms with Gasteiger partial charge in [0.05, 0.1) is 6.61 Å². The average Bonchev–Trinajstić information content (AvgIpc) is 2.43. The molecule has 0 aliphatic carbocycles. The van der Waals surface area contributed by atoms with Gasteiger partial charge in [0.1, 0.15) is 12.1 Å². The number of aliphatic hydroxyl groups is 1. The summed E-state index contributed by atoms with van der Waals surface area (Å²) in [5.41, 5.74) is 5.73. The van der Waals surface area contributed by atoms with Crippen molar-refractivity contribution < 1.29 is 19.4 Å². The maximum Gasteiger partial charge on any atom is 0.251 e. The lowest BCUT2D eigenvalue weighted by molar-refractivity contribution is -0.134. The highest BCUT2D eigenvalue weighted by Crippen LogP contribution is 2.03. The number of carbonyl (C=O) groups is 2. The average molecular weight is 289 g/mol. The van der Waals surface area contributed by atoms with Crippen LogP contribution in [0.3, 0.4) is 0 Å². The summed E-state index contributed by atoms with van der Waals surface area (Å²) in [6.45, 7) is 4.32. The summed E-state index contributed by atoms with van der Waals surface area (Å²) in [6.07, 6.45) is 1.06. The Balaban J connectivity index is 4.13. The van der Waals surface area contributed by atoms with Crippen molar-refractivity contribution in [3.8, 4) is 0 Å². The Morgan fingerprint density at radius 3 is 2.55 bits per heavy atom. The molecule has 7 nitrogen and oxygen atoms in total. The molecule has 0 rings (SSSR count). The van der Waals surface area contributed by atoms with E-state index in [9.17, 15) is 14.7 Å². The van der Waals surface area contributed by atoms with Crippen LogP contribution in [0.25, 0.3) is 0 Å². The Morgan fingerprint density at radius 1 is 1.35 bits per heavy atom. The number of methoxy groups -OCH3 is 1. The maximum atomic E-state index is 11.7. The van der Waals surface area contributed by atoms with Crippen LogP contribution in [-0.2, 0) is 14.3 Å². The SMILES string of the molecule is CCCC[C@H](N)C(O)C(=O)N[C@@H](C)C(=O)NCCOC. The maximum absolute atomic E-state index is 11.7. The quantitative estimate of drug-likeness (QED) is 0.391. The lowest BCUT2D eigenvalue weighted by Crippen LogP contribution is -2.52. The first-order chi connectivity index (χ1) is 9.43. The van der Waals surface area contributed by atoms with Crippen molar-refractivity contribution in [3.63, 3.8) is 0 Å². The Kier molecular flexibility index (Phi) is 9.96. The summed E-state index contributed by atoms with van der Waals surface area (Å²) in [7, 11) is 1.53. The fraction of sp³-hybridized carbons (Fsp3) is 0.846. The highest BCUT2D eigenvalue weighted by atomic mass is 16.5. The topological polar surface area (TPSA) is 114 Å². The van der Waals surface area contributed by atoms with E-state index in [1.807, 2.05) is 6.92 Å². The third kappa shape index (κ3) is 7.42. The van der Waals surface area contributed by atoms with Gasteiger partial charge < -0.3 is 26.2 Å². The first-order valence-corrected chi connectivity index (χ1v) is 6.94. The summed E-state index contributed by atoms with van der Waals surface area (Å²) in [5.74, 6) is -0.951. The van der Waals surface area contributed by atoms with Crippen molar-refractivity contribution in [2.75, 3.05) is 20.3 Å². The second-order valence-corrected chi connectivity index (χ2v) is 4.77. The zero-order valence-electron chi connectivity index (χ0n) is 12.5. The molecular weight excluding hydrogens is 262 g/mol. The number of nitrogens with two attached hydrogens (primary N) is 1. The van der Waals surface area contributed by atoms with Gasteiger partial charge >= 0.3 is 0 Å². The minimum Gasteiger partial charge on any atom is -0.383 e. The van der Waals surface area contributed by atoms with E-state index < -0.39 is 24.1 Å². The number of nitrogens with one attached hydrogen (secondary N) is 2. The number of hydrogen-bond donors (Lipinski definition) is 4. The van der Waals surface area contributed by atoms with Crippen LogP contribution in [-0.4, -0.2) is 55.4 Å². The van der Waals surface area contributed by atoms with Crippen molar-refractivity contribution >= 4 is 11.8 Å². The van der Waals surface area contributed by atoms with Crippen LogP contribution in [0.1, 0.15) is 33.1 Å². The van der Waals surface area contributed by atoms with E-state index in [0.29, 0.717) is 19.6 Å². The molecule has 118 valence electrons. The second kappa shape index (κ2) is 10.6. The van der Waals surface area contributed by atoms with E-state index in [0.717, 1.165) is 12.8 Å². The van der Waals surface area contributed by atoms with Crippen LogP contribution in [0.15, 0.2) is 0 Å². The van der Waals surface area contributed by atoms with Gasteiger partial charge in [-0.15, -0.1) is 0 Å². The monoisotopic (exact) mass is 289 g/mol. The van der Waals surface area contributed by atoms with Crippen LogP contribution in [0.4, 0.5) is 0 Å². The molecular formula is C13H27N3O4. The number of unbranched alkanes of at least 4 members (excludes halogenated alkanes) is 1. The normalized spacial score (nSPS) is 15.2. The predicted octanol–water partition coefficient (Wildman–Crippen LogP) is -0.868. The molecule has 3 atom stereocenters. The Labute approximate surface area is 120 Å². The number of ether oxygens (including phenoxy) is 1. The molecule has 0 radical (unpaired) electrons. The highest BCUT2D eigenvalue weighted by molar-refractivity contribution is 5.89.